The number of allylic oxidation sites excluding steroid dienone is 1. The van der Waals surface area contributed by atoms with Crippen LogP contribution in [0.1, 0.15) is 13.8 Å². The number of esters is 1. The minimum atomic E-state index is -1.44. The van der Waals surface area contributed by atoms with Gasteiger partial charge in [-0.1, -0.05) is 18.2 Å². The number of β-amino-alcohol motifs (C(OH)–C–C–N with tert-alkyl or cyclic N) is 1. The molecule has 8 atom stereocenters. The molecule has 0 aliphatic carbocycles. The van der Waals surface area contributed by atoms with E-state index in [9.17, 15) is 35.1 Å². The van der Waals surface area contributed by atoms with Gasteiger partial charge in [0.2, 0.25) is 6.29 Å². The van der Waals surface area contributed by atoms with E-state index in [0.29, 0.717) is 12.1 Å². The molecule has 5 N–H and O–H groups in total. The summed E-state index contributed by atoms with van der Waals surface area (Å²) in [4.78, 5) is 25.9. The van der Waals surface area contributed by atoms with E-state index in [2.05, 4.69) is 6.58 Å². The van der Waals surface area contributed by atoms with Crippen molar-refractivity contribution < 1.29 is 58.8 Å². The maximum Gasteiger partial charge on any atom is 0.337 e. The van der Waals surface area contributed by atoms with Gasteiger partial charge < -0.3 is 54.1 Å². The number of aliphatic carboxylic acids is 1. The molecule has 3 rings (SSSR count). The van der Waals surface area contributed by atoms with E-state index in [4.69, 9.17) is 23.7 Å². The molecule has 3 heterocycles. The third kappa shape index (κ3) is 7.83. The fourth-order valence-electron chi connectivity index (χ4n) is 4.83. The molecule has 1 fully saturated rings. The van der Waals surface area contributed by atoms with Gasteiger partial charge in [-0.2, -0.15) is 0 Å². The average molecular weight is 582 g/mol. The number of nitrogens with zero attached hydrogens (tertiary/aromatic N) is 1. The van der Waals surface area contributed by atoms with Gasteiger partial charge >= 0.3 is 11.9 Å². The quantitative estimate of drug-likeness (QED) is 0.151. The Morgan fingerprint density at radius 1 is 1.22 bits per heavy atom. The third-order valence-corrected chi connectivity index (χ3v) is 6.83. The SMILES string of the molecule is C=C[C@H]1[C@H](O[C@@H]2O[C@H](CO)[C@@H](O)[C@H](O)[C@H]2OC(C)C)OC=C(C(=O)OC)[C@H]1/C=C/C1=CC(C(=O)O)=CN(CCO)C1. The lowest BCUT2D eigenvalue weighted by molar-refractivity contribution is -0.348. The number of carboxylic acid groups (broad SMARTS) is 1. The summed E-state index contributed by atoms with van der Waals surface area (Å²) in [6, 6.07) is 0. The van der Waals surface area contributed by atoms with Gasteiger partial charge in [0.1, 0.15) is 24.4 Å². The van der Waals surface area contributed by atoms with Crippen molar-refractivity contribution in [2.75, 3.05) is 33.4 Å². The molecule has 3 aliphatic rings. The van der Waals surface area contributed by atoms with Crippen LogP contribution in [-0.4, -0.2) is 119 Å². The van der Waals surface area contributed by atoms with E-state index in [1.807, 2.05) is 0 Å². The maximum absolute atomic E-state index is 12.6. The van der Waals surface area contributed by atoms with Gasteiger partial charge in [0.15, 0.2) is 6.29 Å². The van der Waals surface area contributed by atoms with E-state index in [1.165, 1.54) is 31.7 Å². The summed E-state index contributed by atoms with van der Waals surface area (Å²) in [5.74, 6) is -3.21. The molecule has 0 saturated carbocycles. The molecule has 228 valence electrons. The van der Waals surface area contributed by atoms with E-state index in [0.717, 1.165) is 0 Å². The normalized spacial score (nSPS) is 32.2. The maximum atomic E-state index is 12.6. The van der Waals surface area contributed by atoms with Crippen LogP contribution < -0.4 is 0 Å². The van der Waals surface area contributed by atoms with Gasteiger partial charge in [0, 0.05) is 25.2 Å². The molecule has 13 nitrogen and oxygen atoms in total. The molecule has 3 aliphatic heterocycles. The lowest BCUT2D eigenvalue weighted by atomic mass is 9.83. The summed E-state index contributed by atoms with van der Waals surface area (Å²) in [7, 11) is 1.22. The Kier molecular flexibility index (Phi) is 11.7. The zero-order chi connectivity index (χ0) is 30.3. The lowest BCUT2D eigenvalue weighted by Crippen LogP contribution is -2.61. The van der Waals surface area contributed by atoms with Gasteiger partial charge in [-0.15, -0.1) is 6.58 Å². The van der Waals surface area contributed by atoms with E-state index in [1.54, 1.807) is 30.9 Å². The first-order chi connectivity index (χ1) is 19.5. The van der Waals surface area contributed by atoms with Crippen LogP contribution >= 0.6 is 0 Å². The lowest BCUT2D eigenvalue weighted by Gasteiger charge is -2.44. The standard InChI is InChI=1S/C28H39NO12/c1-5-18-19(7-6-16-10-17(25(34)35)12-29(11-16)8-9-30)20(26(36)37-4)14-38-27(18)41-28-24(39-15(2)3)23(33)22(32)21(13-31)40-28/h5-7,10,12,14-15,18-19,21-24,27-28,30-33H,1,8-9,11,13H2,2-4H3,(H,34,35)/b7-6+/t18-,19+,21-,22-,23+,24-,27+,28+/m1/s1. The number of carbonyl (C=O) groups is 2. The Morgan fingerprint density at radius 3 is 2.54 bits per heavy atom. The van der Waals surface area contributed by atoms with Gasteiger partial charge in [0.05, 0.1) is 49.8 Å². The zero-order valence-electron chi connectivity index (χ0n) is 23.2. The van der Waals surface area contributed by atoms with Crippen LogP contribution in [-0.2, 0) is 33.3 Å². The fourth-order valence-corrected chi connectivity index (χ4v) is 4.83. The van der Waals surface area contributed by atoms with Crippen molar-refractivity contribution in [1.29, 1.82) is 0 Å². The molecule has 0 spiro atoms. The van der Waals surface area contributed by atoms with E-state index >= 15 is 0 Å². The average Bonchev–Trinajstić information content (AvgIpc) is 2.95. The number of hydrogen-bond acceptors (Lipinski definition) is 12. The van der Waals surface area contributed by atoms with Crippen LogP contribution in [0, 0.1) is 11.8 Å². The molecule has 0 unspecified atom stereocenters. The number of carboxylic acids is 1. The molecule has 0 aromatic carbocycles. The zero-order valence-corrected chi connectivity index (χ0v) is 23.2. The number of ether oxygens (including phenoxy) is 5. The highest BCUT2D eigenvalue weighted by molar-refractivity contribution is 5.90. The van der Waals surface area contributed by atoms with Gasteiger partial charge in [-0.3, -0.25) is 0 Å². The fraction of sp³-hybridized carbons (Fsp3) is 0.571. The van der Waals surface area contributed by atoms with Gasteiger partial charge in [-0.05, 0) is 25.5 Å². The van der Waals surface area contributed by atoms with Crippen molar-refractivity contribution in [3.63, 3.8) is 0 Å². The first-order valence-corrected chi connectivity index (χ1v) is 13.2. The van der Waals surface area contributed by atoms with Crippen molar-refractivity contribution in [2.24, 2.45) is 11.8 Å². The summed E-state index contributed by atoms with van der Waals surface area (Å²) in [5, 5.41) is 49.6. The van der Waals surface area contributed by atoms with E-state index in [-0.39, 0.29) is 30.4 Å². The van der Waals surface area contributed by atoms with Crippen molar-refractivity contribution in [3.05, 3.63) is 60.1 Å². The molecule has 1 saturated heterocycles. The monoisotopic (exact) mass is 581 g/mol. The van der Waals surface area contributed by atoms with Crippen molar-refractivity contribution in [3.8, 4) is 0 Å². The van der Waals surface area contributed by atoms with Crippen LogP contribution in [0.2, 0.25) is 0 Å². The predicted octanol–water partition coefficient (Wildman–Crippen LogP) is -0.174. The first-order valence-electron chi connectivity index (χ1n) is 13.2. The molecule has 0 amide bonds. The molecule has 0 aromatic rings. The highest BCUT2D eigenvalue weighted by Gasteiger charge is 2.48. The predicted molar refractivity (Wildman–Crippen MR) is 143 cm³/mol. The van der Waals surface area contributed by atoms with Gasteiger partial charge in [0.25, 0.3) is 0 Å². The molecule has 0 aromatic heterocycles. The van der Waals surface area contributed by atoms with Crippen molar-refractivity contribution in [2.45, 2.75) is 56.9 Å². The smallest absolute Gasteiger partial charge is 0.337 e. The number of carbonyl (C=O) groups excluding carboxylic acids is 1. The highest BCUT2D eigenvalue weighted by Crippen LogP contribution is 2.37. The number of aliphatic hydroxyl groups excluding tert-OH is 4. The minimum absolute atomic E-state index is 0.0337. The Bertz CT molecular complexity index is 1070. The molecule has 13 heteroatoms. The Labute approximate surface area is 238 Å². The van der Waals surface area contributed by atoms with Gasteiger partial charge in [-0.25, -0.2) is 9.59 Å². The second-order valence-electron chi connectivity index (χ2n) is 10.1. The van der Waals surface area contributed by atoms with Crippen LogP contribution in [0.3, 0.4) is 0 Å². The second kappa shape index (κ2) is 14.7. The van der Waals surface area contributed by atoms with Crippen molar-refractivity contribution >= 4 is 11.9 Å². The minimum Gasteiger partial charge on any atom is -0.478 e. The number of methoxy groups -OCH3 is 1. The second-order valence-corrected chi connectivity index (χ2v) is 10.1. The van der Waals surface area contributed by atoms with Crippen molar-refractivity contribution in [1.82, 2.24) is 4.90 Å². The Balaban J connectivity index is 1.92. The van der Waals surface area contributed by atoms with Crippen LogP contribution in [0.5, 0.6) is 0 Å². The third-order valence-electron chi connectivity index (χ3n) is 6.83. The molecule has 0 bridgehead atoms. The Hall–Kier alpha value is -3.04. The topological polar surface area (TPSA) is 185 Å². The number of aliphatic hydroxyl groups is 4. The molecular weight excluding hydrogens is 542 g/mol. The summed E-state index contributed by atoms with van der Waals surface area (Å²) < 4.78 is 28.3. The largest absolute Gasteiger partial charge is 0.478 e. The molecule has 0 radical (unpaired) electrons. The Morgan fingerprint density at radius 2 is 1.95 bits per heavy atom. The highest BCUT2D eigenvalue weighted by atomic mass is 16.8. The van der Waals surface area contributed by atoms with Crippen LogP contribution in [0.4, 0.5) is 0 Å². The van der Waals surface area contributed by atoms with Crippen LogP contribution in [0.25, 0.3) is 0 Å². The summed E-state index contributed by atoms with van der Waals surface area (Å²) >= 11 is 0. The summed E-state index contributed by atoms with van der Waals surface area (Å²) in [6.45, 7) is 7.14. The molecule has 41 heavy (non-hydrogen) atoms. The van der Waals surface area contributed by atoms with E-state index < -0.39 is 67.4 Å². The number of rotatable bonds is 12. The van der Waals surface area contributed by atoms with Crippen LogP contribution in [0.15, 0.2) is 60.1 Å². The first kappa shape index (κ1) is 32.5. The summed E-state index contributed by atoms with van der Waals surface area (Å²) in [6.07, 6.45) is 1.11. The summed E-state index contributed by atoms with van der Waals surface area (Å²) in [5.41, 5.74) is 0.791. The molecular formula is C28H39NO12. The number of hydrogen-bond donors (Lipinski definition) is 5.